The van der Waals surface area contributed by atoms with Gasteiger partial charge in [0.05, 0.1) is 28.4 Å². The van der Waals surface area contributed by atoms with E-state index in [1.54, 1.807) is 5.38 Å². The van der Waals surface area contributed by atoms with Crippen molar-refractivity contribution >= 4 is 57.8 Å². The van der Waals surface area contributed by atoms with E-state index >= 15 is 0 Å². The monoisotopic (exact) mass is 496 g/mol. The summed E-state index contributed by atoms with van der Waals surface area (Å²) in [7, 11) is 0. The van der Waals surface area contributed by atoms with E-state index in [4.69, 9.17) is 17.0 Å². The van der Waals surface area contributed by atoms with Crippen LogP contribution in [0.4, 0.5) is 17.1 Å². The van der Waals surface area contributed by atoms with Gasteiger partial charge in [-0.2, -0.15) is 0 Å². The summed E-state index contributed by atoms with van der Waals surface area (Å²) in [6.07, 6.45) is 2.17. The molecule has 9 heteroatoms. The van der Waals surface area contributed by atoms with Crippen molar-refractivity contribution in [1.82, 2.24) is 10.3 Å². The molecule has 0 unspecified atom stereocenters. The first kappa shape index (κ1) is 25.6. The van der Waals surface area contributed by atoms with Crippen molar-refractivity contribution in [3.8, 4) is 0 Å². The molecule has 0 radical (unpaired) electrons. The molecule has 0 saturated carbocycles. The number of aryl methyl sites for hydroxylation is 1. The Morgan fingerprint density at radius 3 is 2.68 bits per heavy atom. The van der Waals surface area contributed by atoms with Crippen LogP contribution in [0, 0.1) is 12.3 Å². The van der Waals surface area contributed by atoms with Crippen LogP contribution in [0.1, 0.15) is 52.0 Å². The lowest BCUT2D eigenvalue weighted by Crippen LogP contribution is -2.19. The van der Waals surface area contributed by atoms with Gasteiger partial charge in [-0.1, -0.05) is 37.1 Å². The van der Waals surface area contributed by atoms with E-state index in [0.29, 0.717) is 34.9 Å². The fourth-order valence-corrected chi connectivity index (χ4v) is 4.54. The van der Waals surface area contributed by atoms with E-state index in [1.807, 2.05) is 43.3 Å². The number of thiophene rings is 1. The number of hydrogen-bond acceptors (Lipinski definition) is 7. The first-order valence-corrected chi connectivity index (χ1v) is 12.3. The van der Waals surface area contributed by atoms with Crippen molar-refractivity contribution in [2.24, 2.45) is 4.99 Å². The van der Waals surface area contributed by atoms with Crippen molar-refractivity contribution < 1.29 is 4.79 Å². The molecular weight excluding hydrogens is 468 g/mol. The van der Waals surface area contributed by atoms with E-state index in [2.05, 4.69) is 39.6 Å². The molecule has 3 rings (SSSR count). The number of nitrogens with zero attached hydrogens (tertiary/aromatic N) is 2. The first-order chi connectivity index (χ1) is 16.4. The molecule has 34 heavy (non-hydrogen) atoms. The third kappa shape index (κ3) is 6.50. The molecule has 2 aromatic heterocycles. The predicted octanol–water partition coefficient (Wildman–Crippen LogP) is 6.10. The first-order valence-electron chi connectivity index (χ1n) is 11.1. The van der Waals surface area contributed by atoms with Gasteiger partial charge >= 0.3 is 0 Å². The van der Waals surface area contributed by atoms with Crippen LogP contribution in [0.3, 0.4) is 0 Å². The Labute approximate surface area is 209 Å². The molecule has 178 valence electrons. The van der Waals surface area contributed by atoms with E-state index in [9.17, 15) is 4.79 Å². The minimum Gasteiger partial charge on any atom is -0.379 e. The Bertz CT molecular complexity index is 1180. The third-order valence-electron chi connectivity index (χ3n) is 5.21. The van der Waals surface area contributed by atoms with Gasteiger partial charge < -0.3 is 16.0 Å². The highest BCUT2D eigenvalue weighted by molar-refractivity contribution is 7.15. The number of unbranched alkanes of at least 4 members (excludes halogenated alkanes) is 1. The van der Waals surface area contributed by atoms with Crippen LogP contribution < -0.4 is 16.0 Å². The number of amides is 1. The number of carbonyl (C=O) groups excluding carboxylic acids is 1. The highest BCUT2D eigenvalue weighted by Gasteiger charge is 2.20. The SMILES string of the molecule is C=Nc1c(C(=O)Nc2cccc(NCc3cccc(C)n3)c2CNCCCC)csc1C(=N)Cl. The molecule has 7 nitrogen and oxygen atoms in total. The summed E-state index contributed by atoms with van der Waals surface area (Å²) in [6.45, 7) is 9.70. The van der Waals surface area contributed by atoms with Crippen LogP contribution in [0.15, 0.2) is 46.8 Å². The van der Waals surface area contributed by atoms with E-state index in [0.717, 1.165) is 42.0 Å². The quantitative estimate of drug-likeness (QED) is 0.179. The molecule has 0 atom stereocenters. The largest absolute Gasteiger partial charge is 0.379 e. The second kappa shape index (κ2) is 12.4. The summed E-state index contributed by atoms with van der Waals surface area (Å²) >= 11 is 7.04. The molecule has 0 aliphatic heterocycles. The molecule has 4 N–H and O–H groups in total. The highest BCUT2D eigenvalue weighted by atomic mass is 35.5. The third-order valence-corrected chi connectivity index (χ3v) is 6.49. The summed E-state index contributed by atoms with van der Waals surface area (Å²) in [4.78, 5) is 22.0. The zero-order valence-corrected chi connectivity index (χ0v) is 20.9. The van der Waals surface area contributed by atoms with Crippen LogP contribution in [0.25, 0.3) is 0 Å². The Hall–Kier alpha value is -3.07. The van der Waals surface area contributed by atoms with Crippen molar-refractivity contribution in [3.63, 3.8) is 0 Å². The van der Waals surface area contributed by atoms with Gasteiger partial charge in [-0.25, -0.2) is 0 Å². The van der Waals surface area contributed by atoms with Gasteiger partial charge in [0.2, 0.25) is 0 Å². The standard InChI is InChI=1S/C25H29ClN6OS/c1-4-5-12-29-14-18-20(30-13-17-9-6-8-16(2)31-17)10-7-11-21(18)32-25(33)19-15-34-23(24(26)27)22(19)28-3/h6-11,15,27,29-30H,3-5,12-14H2,1-2H3,(H,32,33). The van der Waals surface area contributed by atoms with Crippen molar-refractivity contribution in [2.75, 3.05) is 17.2 Å². The Morgan fingerprint density at radius 1 is 1.21 bits per heavy atom. The lowest BCUT2D eigenvalue weighted by atomic mass is 10.1. The van der Waals surface area contributed by atoms with Gasteiger partial charge in [-0.05, 0) is 50.9 Å². The van der Waals surface area contributed by atoms with Crippen LogP contribution in [-0.2, 0) is 13.1 Å². The maximum atomic E-state index is 13.1. The minimum atomic E-state index is -0.324. The lowest BCUT2D eigenvalue weighted by molar-refractivity contribution is 0.102. The van der Waals surface area contributed by atoms with E-state index in [-0.39, 0.29) is 11.1 Å². The number of hydrogen-bond donors (Lipinski definition) is 4. The number of anilines is 2. The zero-order valence-electron chi connectivity index (χ0n) is 19.4. The highest BCUT2D eigenvalue weighted by Crippen LogP contribution is 2.33. The van der Waals surface area contributed by atoms with E-state index < -0.39 is 0 Å². The number of carbonyl (C=O) groups is 1. The smallest absolute Gasteiger partial charge is 0.258 e. The van der Waals surface area contributed by atoms with Crippen LogP contribution >= 0.6 is 22.9 Å². The number of nitrogens with one attached hydrogen (secondary N) is 4. The van der Waals surface area contributed by atoms with E-state index in [1.165, 1.54) is 11.3 Å². The Balaban J connectivity index is 1.86. The van der Waals surface area contributed by atoms with Crippen LogP contribution in [-0.4, -0.2) is 29.3 Å². The fourth-order valence-electron chi connectivity index (χ4n) is 3.47. The molecular formula is C25H29ClN6OS. The summed E-state index contributed by atoms with van der Waals surface area (Å²) in [6, 6.07) is 11.7. The molecule has 0 aliphatic rings. The van der Waals surface area contributed by atoms with Crippen molar-refractivity contribution in [3.05, 3.63) is 69.2 Å². The molecule has 2 heterocycles. The predicted molar refractivity (Wildman–Crippen MR) is 144 cm³/mol. The maximum absolute atomic E-state index is 13.1. The molecule has 0 saturated heterocycles. The molecule has 1 aromatic carbocycles. The Morgan fingerprint density at radius 2 is 1.97 bits per heavy atom. The molecule has 0 fully saturated rings. The van der Waals surface area contributed by atoms with Crippen LogP contribution in [0.2, 0.25) is 0 Å². The number of pyridine rings is 1. The molecule has 0 spiro atoms. The zero-order chi connectivity index (χ0) is 24.5. The number of benzene rings is 1. The van der Waals surface area contributed by atoms with Crippen molar-refractivity contribution in [1.29, 1.82) is 5.41 Å². The molecule has 0 aliphatic carbocycles. The average Bonchev–Trinajstić information content (AvgIpc) is 3.26. The summed E-state index contributed by atoms with van der Waals surface area (Å²) in [5, 5.41) is 19.1. The second-order valence-electron chi connectivity index (χ2n) is 7.74. The summed E-state index contributed by atoms with van der Waals surface area (Å²) < 4.78 is 0. The number of aliphatic imine (C=N–C) groups is 1. The average molecular weight is 497 g/mol. The number of rotatable bonds is 12. The molecule has 3 aromatic rings. The van der Waals surface area contributed by atoms with Gasteiger partial charge in [-0.15, -0.1) is 11.3 Å². The number of aromatic nitrogens is 1. The summed E-state index contributed by atoms with van der Waals surface area (Å²) in [5.41, 5.74) is 5.13. The fraction of sp³-hybridized carbons (Fsp3) is 0.280. The van der Waals surface area contributed by atoms with Gasteiger partial charge in [0.25, 0.3) is 5.91 Å². The normalized spacial score (nSPS) is 10.7. The van der Waals surface area contributed by atoms with Gasteiger partial charge in [0, 0.05) is 34.6 Å². The second-order valence-corrected chi connectivity index (χ2v) is 9.00. The van der Waals surface area contributed by atoms with Crippen molar-refractivity contribution in [2.45, 2.75) is 39.8 Å². The maximum Gasteiger partial charge on any atom is 0.258 e. The minimum absolute atomic E-state index is 0.164. The van der Waals surface area contributed by atoms with Crippen LogP contribution in [0.5, 0.6) is 0 Å². The molecule has 1 amide bonds. The number of halogens is 1. The lowest BCUT2D eigenvalue weighted by Gasteiger charge is -2.18. The van der Waals surface area contributed by atoms with Gasteiger partial charge in [0.15, 0.2) is 0 Å². The molecule has 0 bridgehead atoms. The van der Waals surface area contributed by atoms with Gasteiger partial charge in [-0.3, -0.25) is 20.2 Å². The Kier molecular flexibility index (Phi) is 9.33. The summed E-state index contributed by atoms with van der Waals surface area (Å²) in [5.74, 6) is -0.324. The van der Waals surface area contributed by atoms with Gasteiger partial charge in [0.1, 0.15) is 5.17 Å². The topological polar surface area (TPSA) is 102 Å².